The first-order valence-electron chi connectivity index (χ1n) is 4.75. The minimum atomic E-state index is 0.101. The third-order valence-corrected chi connectivity index (χ3v) is 2.33. The summed E-state index contributed by atoms with van der Waals surface area (Å²) in [6.45, 7) is 6.11. The molecule has 15 heavy (non-hydrogen) atoms. The predicted octanol–water partition coefficient (Wildman–Crippen LogP) is 2.24. The lowest BCUT2D eigenvalue weighted by molar-refractivity contribution is 0.589. The van der Waals surface area contributed by atoms with E-state index in [4.69, 9.17) is 10.2 Å². The SMILES string of the molecule is Cc1cc(C)c(-c2nnc(N)o2)c(C)c1. The molecule has 0 bridgehead atoms. The van der Waals surface area contributed by atoms with Crippen molar-refractivity contribution in [1.29, 1.82) is 0 Å². The number of rotatable bonds is 1. The number of aryl methyl sites for hydroxylation is 3. The topological polar surface area (TPSA) is 64.9 Å². The van der Waals surface area contributed by atoms with Crippen LogP contribution in [0.3, 0.4) is 0 Å². The molecule has 0 radical (unpaired) electrons. The number of hydrogen-bond acceptors (Lipinski definition) is 4. The Bertz CT molecular complexity index is 479. The van der Waals surface area contributed by atoms with Gasteiger partial charge in [-0.3, -0.25) is 0 Å². The molecule has 0 amide bonds. The number of nitrogens with zero attached hydrogens (tertiary/aromatic N) is 2. The van der Waals surface area contributed by atoms with Crippen LogP contribution in [0.1, 0.15) is 16.7 Å². The average Bonchev–Trinajstić information content (AvgIpc) is 2.49. The fourth-order valence-electron chi connectivity index (χ4n) is 1.85. The van der Waals surface area contributed by atoms with E-state index >= 15 is 0 Å². The Morgan fingerprint density at radius 2 is 1.67 bits per heavy atom. The van der Waals surface area contributed by atoms with Crippen molar-refractivity contribution < 1.29 is 4.42 Å². The van der Waals surface area contributed by atoms with E-state index in [1.54, 1.807) is 0 Å². The third-order valence-electron chi connectivity index (χ3n) is 2.33. The molecule has 0 spiro atoms. The van der Waals surface area contributed by atoms with Gasteiger partial charge in [0.1, 0.15) is 0 Å². The Morgan fingerprint density at radius 3 is 2.13 bits per heavy atom. The van der Waals surface area contributed by atoms with Crippen molar-refractivity contribution in [2.45, 2.75) is 20.8 Å². The average molecular weight is 203 g/mol. The highest BCUT2D eigenvalue weighted by Crippen LogP contribution is 2.27. The first-order valence-corrected chi connectivity index (χ1v) is 4.75. The smallest absolute Gasteiger partial charge is 0.313 e. The number of aromatic nitrogens is 2. The van der Waals surface area contributed by atoms with E-state index in [0.717, 1.165) is 16.7 Å². The summed E-state index contributed by atoms with van der Waals surface area (Å²) in [6, 6.07) is 4.27. The lowest BCUT2D eigenvalue weighted by atomic mass is 10.00. The molecule has 2 N–H and O–H groups in total. The first-order chi connectivity index (χ1) is 7.08. The van der Waals surface area contributed by atoms with Gasteiger partial charge in [0.05, 0.1) is 0 Å². The Morgan fingerprint density at radius 1 is 1.07 bits per heavy atom. The molecule has 2 rings (SSSR count). The van der Waals surface area contributed by atoms with Crippen LogP contribution in [0.25, 0.3) is 11.5 Å². The highest BCUT2D eigenvalue weighted by molar-refractivity contribution is 5.64. The van der Waals surface area contributed by atoms with Crippen molar-refractivity contribution in [3.63, 3.8) is 0 Å². The quantitative estimate of drug-likeness (QED) is 0.772. The van der Waals surface area contributed by atoms with Crippen LogP contribution < -0.4 is 5.73 Å². The van der Waals surface area contributed by atoms with Gasteiger partial charge in [0.2, 0.25) is 5.89 Å². The van der Waals surface area contributed by atoms with Crippen LogP contribution in [-0.4, -0.2) is 10.2 Å². The highest BCUT2D eigenvalue weighted by atomic mass is 16.4. The monoisotopic (exact) mass is 203 g/mol. The van der Waals surface area contributed by atoms with Gasteiger partial charge in [-0.1, -0.05) is 22.8 Å². The molecule has 1 aromatic heterocycles. The molecular weight excluding hydrogens is 190 g/mol. The highest BCUT2D eigenvalue weighted by Gasteiger charge is 2.12. The van der Waals surface area contributed by atoms with Gasteiger partial charge in [0.25, 0.3) is 0 Å². The van der Waals surface area contributed by atoms with E-state index in [-0.39, 0.29) is 6.01 Å². The molecule has 1 heterocycles. The molecular formula is C11H13N3O. The van der Waals surface area contributed by atoms with E-state index in [2.05, 4.69) is 29.3 Å². The molecule has 78 valence electrons. The number of anilines is 1. The van der Waals surface area contributed by atoms with Gasteiger partial charge in [0.15, 0.2) is 0 Å². The van der Waals surface area contributed by atoms with Crippen LogP contribution in [0.5, 0.6) is 0 Å². The Labute approximate surface area is 88.1 Å². The molecule has 0 aliphatic rings. The van der Waals surface area contributed by atoms with Crippen molar-refractivity contribution in [2.24, 2.45) is 0 Å². The fourth-order valence-corrected chi connectivity index (χ4v) is 1.85. The standard InChI is InChI=1S/C11H13N3O/c1-6-4-7(2)9(8(3)5-6)10-13-14-11(12)15-10/h4-5H,1-3H3,(H2,12,14). The molecule has 1 aromatic carbocycles. The second kappa shape index (κ2) is 3.38. The Hall–Kier alpha value is -1.84. The van der Waals surface area contributed by atoms with Crippen molar-refractivity contribution in [2.75, 3.05) is 5.73 Å². The van der Waals surface area contributed by atoms with Gasteiger partial charge < -0.3 is 10.2 Å². The van der Waals surface area contributed by atoms with Gasteiger partial charge in [-0.15, -0.1) is 5.10 Å². The lowest BCUT2D eigenvalue weighted by Gasteiger charge is -2.06. The first kappa shape index (κ1) is 9.71. The maximum Gasteiger partial charge on any atom is 0.313 e. The largest absolute Gasteiger partial charge is 0.404 e. The van der Waals surface area contributed by atoms with Gasteiger partial charge >= 0.3 is 6.01 Å². The van der Waals surface area contributed by atoms with E-state index in [0.29, 0.717) is 5.89 Å². The summed E-state index contributed by atoms with van der Waals surface area (Å²) in [4.78, 5) is 0. The summed E-state index contributed by atoms with van der Waals surface area (Å²) in [6.07, 6.45) is 0. The predicted molar refractivity (Wildman–Crippen MR) is 58.4 cm³/mol. The summed E-state index contributed by atoms with van der Waals surface area (Å²) in [5.41, 5.74) is 9.85. The van der Waals surface area contributed by atoms with Gasteiger partial charge in [-0.05, 0) is 31.9 Å². The molecule has 4 nitrogen and oxygen atoms in total. The van der Waals surface area contributed by atoms with Gasteiger partial charge in [-0.2, -0.15) is 0 Å². The van der Waals surface area contributed by atoms with Gasteiger partial charge in [0, 0.05) is 5.56 Å². The van der Waals surface area contributed by atoms with E-state index in [1.165, 1.54) is 5.56 Å². The summed E-state index contributed by atoms with van der Waals surface area (Å²) in [7, 11) is 0. The van der Waals surface area contributed by atoms with Crippen molar-refractivity contribution in [1.82, 2.24) is 10.2 Å². The van der Waals surface area contributed by atoms with Crippen LogP contribution >= 0.6 is 0 Å². The fraction of sp³-hybridized carbons (Fsp3) is 0.273. The zero-order valence-corrected chi connectivity index (χ0v) is 9.03. The van der Waals surface area contributed by atoms with E-state index in [1.807, 2.05) is 13.8 Å². The Kier molecular flexibility index (Phi) is 2.19. The second-order valence-corrected chi connectivity index (χ2v) is 3.72. The van der Waals surface area contributed by atoms with Crippen LogP contribution in [-0.2, 0) is 0 Å². The molecule has 0 saturated heterocycles. The van der Waals surface area contributed by atoms with Crippen molar-refractivity contribution >= 4 is 6.01 Å². The number of benzene rings is 1. The van der Waals surface area contributed by atoms with Crippen molar-refractivity contribution in [3.05, 3.63) is 28.8 Å². The molecule has 0 atom stereocenters. The summed E-state index contributed by atoms with van der Waals surface area (Å²) >= 11 is 0. The zero-order chi connectivity index (χ0) is 11.0. The zero-order valence-electron chi connectivity index (χ0n) is 9.03. The second-order valence-electron chi connectivity index (χ2n) is 3.72. The normalized spacial score (nSPS) is 10.6. The third kappa shape index (κ3) is 1.70. The molecule has 4 heteroatoms. The summed E-state index contributed by atoms with van der Waals surface area (Å²) < 4.78 is 5.23. The van der Waals surface area contributed by atoms with Crippen LogP contribution in [0, 0.1) is 20.8 Å². The maximum atomic E-state index is 5.41. The van der Waals surface area contributed by atoms with E-state index in [9.17, 15) is 0 Å². The molecule has 0 unspecified atom stereocenters. The molecule has 0 aliphatic carbocycles. The molecule has 0 saturated carbocycles. The van der Waals surface area contributed by atoms with Crippen LogP contribution in [0.15, 0.2) is 16.5 Å². The van der Waals surface area contributed by atoms with Crippen LogP contribution in [0.2, 0.25) is 0 Å². The minimum absolute atomic E-state index is 0.101. The number of nitrogens with two attached hydrogens (primary N) is 1. The maximum absolute atomic E-state index is 5.41. The van der Waals surface area contributed by atoms with E-state index < -0.39 is 0 Å². The lowest BCUT2D eigenvalue weighted by Crippen LogP contribution is -1.90. The minimum Gasteiger partial charge on any atom is -0.404 e. The van der Waals surface area contributed by atoms with Crippen LogP contribution in [0.4, 0.5) is 6.01 Å². The Balaban J connectivity index is 2.62. The number of nitrogen functional groups attached to an aromatic ring is 1. The molecule has 0 fully saturated rings. The summed E-state index contributed by atoms with van der Waals surface area (Å²) in [5.74, 6) is 0.488. The summed E-state index contributed by atoms with van der Waals surface area (Å²) in [5, 5.41) is 7.55. The van der Waals surface area contributed by atoms with Gasteiger partial charge in [-0.25, -0.2) is 0 Å². The number of hydrogen-bond donors (Lipinski definition) is 1. The molecule has 2 aromatic rings. The van der Waals surface area contributed by atoms with Crippen molar-refractivity contribution in [3.8, 4) is 11.5 Å². The molecule has 0 aliphatic heterocycles.